The number of rotatable bonds is 2. The molecular weight excluding hydrogens is 595 g/mol. The van der Waals surface area contributed by atoms with Gasteiger partial charge in [0.05, 0.1) is 11.6 Å². The minimum absolute atomic E-state index is 0.0520. The van der Waals surface area contributed by atoms with Crippen molar-refractivity contribution in [3.63, 3.8) is 0 Å². The van der Waals surface area contributed by atoms with Gasteiger partial charge in [-0.25, -0.2) is 0 Å². The average molecular weight is 634 g/mol. The number of nitrogens with zero attached hydrogens (tertiary/aromatic N) is 1. The molecule has 0 saturated carbocycles. The molecule has 1 aromatic heterocycles. The van der Waals surface area contributed by atoms with Gasteiger partial charge in [0, 0.05) is 21.7 Å². The van der Waals surface area contributed by atoms with E-state index in [9.17, 15) is 0 Å². The Bertz CT molecular complexity index is 2480. The van der Waals surface area contributed by atoms with Crippen LogP contribution in [0.4, 0.5) is 0 Å². The molecule has 0 saturated heterocycles. The molecule has 0 spiro atoms. The summed E-state index contributed by atoms with van der Waals surface area (Å²) in [6.07, 6.45) is 15.7. The normalized spacial score (nSPS) is 20.5. The van der Waals surface area contributed by atoms with Gasteiger partial charge >= 0.3 is 0 Å². The van der Waals surface area contributed by atoms with Crippen LogP contribution in [0.3, 0.4) is 0 Å². The molecular formula is C47H39NO. The van der Waals surface area contributed by atoms with Crippen LogP contribution in [-0.4, -0.2) is 11.2 Å². The SMILES string of the molecule is CC1(C)c2ccccc2-c2cc3c4cc(C5=C/Cc6ccccc6OC/C=C\5)ccc4n(C4C=CC5=C(CC4)c4ccccc4C5)c3cc21. The predicted molar refractivity (Wildman–Crippen MR) is 204 cm³/mol. The Morgan fingerprint density at radius 2 is 1.51 bits per heavy atom. The quantitative estimate of drug-likeness (QED) is 0.185. The number of benzene rings is 5. The summed E-state index contributed by atoms with van der Waals surface area (Å²) in [6, 6.07) is 38.9. The molecule has 1 unspecified atom stereocenters. The van der Waals surface area contributed by atoms with E-state index in [1.807, 2.05) is 0 Å². The summed E-state index contributed by atoms with van der Waals surface area (Å²) in [7, 11) is 0. The topological polar surface area (TPSA) is 14.2 Å². The fourth-order valence-corrected chi connectivity index (χ4v) is 9.15. The Morgan fingerprint density at radius 1 is 0.714 bits per heavy atom. The highest BCUT2D eigenvalue weighted by atomic mass is 16.5. The molecule has 238 valence electrons. The fourth-order valence-electron chi connectivity index (χ4n) is 9.15. The lowest BCUT2D eigenvalue weighted by Gasteiger charge is -2.23. The molecule has 0 bridgehead atoms. The first-order valence-electron chi connectivity index (χ1n) is 17.8. The first kappa shape index (κ1) is 28.7. The van der Waals surface area contributed by atoms with Crippen LogP contribution in [0.2, 0.25) is 0 Å². The summed E-state index contributed by atoms with van der Waals surface area (Å²) < 4.78 is 8.77. The van der Waals surface area contributed by atoms with Crippen molar-refractivity contribution in [2.24, 2.45) is 0 Å². The number of allylic oxidation sites excluding steroid dienone is 7. The molecule has 3 aliphatic carbocycles. The maximum Gasteiger partial charge on any atom is 0.123 e. The molecule has 1 atom stereocenters. The third-order valence-corrected chi connectivity index (χ3v) is 11.6. The van der Waals surface area contributed by atoms with E-state index >= 15 is 0 Å². The van der Waals surface area contributed by atoms with E-state index in [0.29, 0.717) is 6.61 Å². The zero-order valence-corrected chi connectivity index (χ0v) is 28.2. The van der Waals surface area contributed by atoms with Gasteiger partial charge in [-0.15, -0.1) is 0 Å². The van der Waals surface area contributed by atoms with Crippen molar-refractivity contribution in [1.29, 1.82) is 0 Å². The van der Waals surface area contributed by atoms with Crippen LogP contribution >= 0.6 is 0 Å². The Hall–Kier alpha value is -5.34. The Labute approximate surface area is 288 Å². The molecule has 2 nitrogen and oxygen atoms in total. The number of hydrogen-bond acceptors (Lipinski definition) is 1. The summed E-state index contributed by atoms with van der Waals surface area (Å²) in [6.45, 7) is 5.35. The van der Waals surface area contributed by atoms with Crippen LogP contribution < -0.4 is 4.74 Å². The summed E-state index contributed by atoms with van der Waals surface area (Å²) in [5.74, 6) is 0.973. The smallest absolute Gasteiger partial charge is 0.123 e. The van der Waals surface area contributed by atoms with E-state index in [0.717, 1.165) is 31.4 Å². The fraction of sp³-hybridized carbons (Fsp3) is 0.191. The van der Waals surface area contributed by atoms with E-state index in [-0.39, 0.29) is 11.5 Å². The molecule has 10 rings (SSSR count). The molecule has 49 heavy (non-hydrogen) atoms. The summed E-state index contributed by atoms with van der Waals surface area (Å²) >= 11 is 0. The lowest BCUT2D eigenvalue weighted by Crippen LogP contribution is -2.15. The van der Waals surface area contributed by atoms with E-state index < -0.39 is 0 Å². The Kier molecular flexibility index (Phi) is 6.34. The van der Waals surface area contributed by atoms with E-state index in [4.69, 9.17) is 4.74 Å². The minimum Gasteiger partial charge on any atom is -0.489 e. The van der Waals surface area contributed by atoms with Gasteiger partial charge < -0.3 is 9.30 Å². The molecule has 1 aliphatic heterocycles. The highest BCUT2D eigenvalue weighted by Crippen LogP contribution is 2.51. The van der Waals surface area contributed by atoms with Crippen LogP contribution in [0.25, 0.3) is 44.1 Å². The third kappa shape index (κ3) is 4.40. The van der Waals surface area contributed by atoms with Crippen LogP contribution in [0, 0.1) is 0 Å². The van der Waals surface area contributed by atoms with Gasteiger partial charge in [0.2, 0.25) is 0 Å². The second kappa shape index (κ2) is 10.8. The lowest BCUT2D eigenvalue weighted by molar-refractivity contribution is 0.360. The van der Waals surface area contributed by atoms with Crippen LogP contribution in [-0.2, 0) is 18.3 Å². The van der Waals surface area contributed by atoms with Gasteiger partial charge in [0.1, 0.15) is 12.4 Å². The van der Waals surface area contributed by atoms with Gasteiger partial charge in [-0.05, 0) is 123 Å². The van der Waals surface area contributed by atoms with Gasteiger partial charge in [-0.2, -0.15) is 0 Å². The maximum absolute atomic E-state index is 6.10. The number of aromatic nitrogens is 1. The highest BCUT2D eigenvalue weighted by molar-refractivity contribution is 6.11. The molecule has 2 heterocycles. The van der Waals surface area contributed by atoms with Gasteiger partial charge in [-0.3, -0.25) is 0 Å². The monoisotopic (exact) mass is 633 g/mol. The first-order chi connectivity index (χ1) is 24.0. The zero-order valence-electron chi connectivity index (χ0n) is 28.2. The number of para-hydroxylation sites is 1. The van der Waals surface area contributed by atoms with Crippen molar-refractivity contribution >= 4 is 33.0 Å². The largest absolute Gasteiger partial charge is 0.489 e. The van der Waals surface area contributed by atoms with E-state index in [1.165, 1.54) is 77.5 Å². The zero-order chi connectivity index (χ0) is 32.7. The van der Waals surface area contributed by atoms with Gasteiger partial charge in [0.25, 0.3) is 0 Å². The van der Waals surface area contributed by atoms with Crippen LogP contribution in [0.1, 0.15) is 66.1 Å². The minimum atomic E-state index is -0.0520. The second-order valence-electron chi connectivity index (χ2n) is 14.7. The molecule has 5 aromatic carbocycles. The molecule has 6 aromatic rings. The Morgan fingerprint density at radius 3 is 2.43 bits per heavy atom. The van der Waals surface area contributed by atoms with Crippen LogP contribution in [0.15, 0.2) is 139 Å². The first-order valence-corrected chi connectivity index (χ1v) is 17.8. The van der Waals surface area contributed by atoms with Crippen molar-refractivity contribution < 1.29 is 4.74 Å². The predicted octanol–water partition coefficient (Wildman–Crippen LogP) is 11.6. The molecule has 0 fully saturated rings. The van der Waals surface area contributed by atoms with Crippen LogP contribution in [0.5, 0.6) is 5.75 Å². The number of hydrogen-bond donors (Lipinski definition) is 0. The van der Waals surface area contributed by atoms with Crippen molar-refractivity contribution in [2.75, 3.05) is 6.61 Å². The third-order valence-electron chi connectivity index (χ3n) is 11.6. The van der Waals surface area contributed by atoms with Gasteiger partial charge in [-0.1, -0.05) is 111 Å². The van der Waals surface area contributed by atoms with Crippen molar-refractivity contribution in [3.05, 3.63) is 172 Å². The van der Waals surface area contributed by atoms with Crippen molar-refractivity contribution in [1.82, 2.24) is 4.57 Å². The summed E-state index contributed by atoms with van der Waals surface area (Å²) in [5, 5.41) is 2.67. The number of fused-ring (bicyclic) bond motifs is 9. The van der Waals surface area contributed by atoms with Gasteiger partial charge in [0.15, 0.2) is 0 Å². The molecule has 0 radical (unpaired) electrons. The van der Waals surface area contributed by atoms with E-state index in [2.05, 4.69) is 152 Å². The van der Waals surface area contributed by atoms with Crippen molar-refractivity contribution in [3.8, 4) is 16.9 Å². The lowest BCUT2D eigenvalue weighted by atomic mass is 9.82. The molecule has 0 amide bonds. The highest BCUT2D eigenvalue weighted by Gasteiger charge is 2.36. The summed E-state index contributed by atoms with van der Waals surface area (Å²) in [5.41, 5.74) is 17.9. The number of ether oxygens (including phenoxy) is 1. The molecule has 2 heteroatoms. The van der Waals surface area contributed by atoms with Crippen molar-refractivity contribution in [2.45, 2.75) is 51.0 Å². The molecule has 4 aliphatic rings. The Balaban J connectivity index is 1.15. The maximum atomic E-state index is 6.10. The summed E-state index contributed by atoms with van der Waals surface area (Å²) in [4.78, 5) is 0. The second-order valence-corrected chi connectivity index (χ2v) is 14.7. The standard InChI is InChI=1S/C47H39NO/c1-47(2)42-15-7-6-14-38(42)39-28-41-40-27-32(30-12-9-25-49-46-16-8-4-10-31(46)18-17-30)20-24-44(40)48(45(41)29-43(39)47)35-21-19-34-26-33-11-3-5-13-36(33)37(34)23-22-35/h3-17,19-21,24,27-29,35H,18,22-23,25-26H2,1-2H3/b12-9-,30-17+. The molecule has 0 N–H and O–H groups in total. The average Bonchev–Trinajstić information content (AvgIpc) is 3.69. The van der Waals surface area contributed by atoms with E-state index in [1.54, 1.807) is 5.57 Å².